The van der Waals surface area contributed by atoms with Crippen LogP contribution in [0.1, 0.15) is 21.5 Å². The van der Waals surface area contributed by atoms with E-state index in [0.29, 0.717) is 13.0 Å². The number of rotatable bonds is 3. The van der Waals surface area contributed by atoms with E-state index in [9.17, 15) is 14.0 Å². The molecule has 0 atom stereocenters. The van der Waals surface area contributed by atoms with Crippen LogP contribution in [0.4, 0.5) is 10.1 Å². The SMILES string of the molecule is O=C1Cc2cc(CNC(=O)c3cccc(F)c3)ccc2N1. The first-order chi connectivity index (χ1) is 10.1. The molecule has 0 unspecified atom stereocenters. The van der Waals surface area contributed by atoms with Gasteiger partial charge in [0.2, 0.25) is 5.91 Å². The van der Waals surface area contributed by atoms with Crippen LogP contribution < -0.4 is 10.6 Å². The Kier molecular flexibility index (Phi) is 3.39. The van der Waals surface area contributed by atoms with Gasteiger partial charge < -0.3 is 10.6 Å². The first-order valence-electron chi connectivity index (χ1n) is 6.57. The molecule has 2 N–H and O–H groups in total. The number of nitrogens with one attached hydrogen (secondary N) is 2. The molecule has 3 rings (SSSR count). The number of halogens is 1. The van der Waals surface area contributed by atoms with Crippen molar-refractivity contribution in [1.29, 1.82) is 0 Å². The Balaban J connectivity index is 1.67. The molecule has 1 heterocycles. The van der Waals surface area contributed by atoms with Crippen molar-refractivity contribution in [3.63, 3.8) is 0 Å². The molecule has 106 valence electrons. The Bertz CT molecular complexity index is 728. The molecular formula is C16H13FN2O2. The lowest BCUT2D eigenvalue weighted by atomic mass is 10.1. The van der Waals surface area contributed by atoms with E-state index in [2.05, 4.69) is 10.6 Å². The molecule has 0 bridgehead atoms. The summed E-state index contributed by atoms with van der Waals surface area (Å²) in [7, 11) is 0. The van der Waals surface area contributed by atoms with Crippen molar-refractivity contribution in [2.75, 3.05) is 5.32 Å². The van der Waals surface area contributed by atoms with Crippen LogP contribution >= 0.6 is 0 Å². The minimum Gasteiger partial charge on any atom is -0.348 e. The molecular weight excluding hydrogens is 271 g/mol. The van der Waals surface area contributed by atoms with Gasteiger partial charge in [0, 0.05) is 17.8 Å². The molecule has 0 saturated carbocycles. The number of fused-ring (bicyclic) bond motifs is 1. The maximum atomic E-state index is 13.1. The third-order valence-corrected chi connectivity index (χ3v) is 3.33. The van der Waals surface area contributed by atoms with Crippen molar-refractivity contribution in [3.05, 3.63) is 65.0 Å². The quantitative estimate of drug-likeness (QED) is 0.908. The van der Waals surface area contributed by atoms with Crippen LogP contribution in [-0.2, 0) is 17.8 Å². The van der Waals surface area contributed by atoms with Gasteiger partial charge in [0.05, 0.1) is 6.42 Å². The van der Waals surface area contributed by atoms with Crippen LogP contribution in [0.2, 0.25) is 0 Å². The third kappa shape index (κ3) is 2.91. The largest absolute Gasteiger partial charge is 0.348 e. The van der Waals surface area contributed by atoms with Crippen LogP contribution in [-0.4, -0.2) is 11.8 Å². The average Bonchev–Trinajstić information content (AvgIpc) is 2.84. The highest BCUT2D eigenvalue weighted by atomic mass is 19.1. The van der Waals surface area contributed by atoms with Gasteiger partial charge in [0.25, 0.3) is 5.91 Å². The minimum atomic E-state index is -0.440. The van der Waals surface area contributed by atoms with Gasteiger partial charge in [-0.15, -0.1) is 0 Å². The van der Waals surface area contributed by atoms with Crippen LogP contribution in [0.5, 0.6) is 0 Å². The zero-order valence-electron chi connectivity index (χ0n) is 11.2. The van der Waals surface area contributed by atoms with E-state index in [4.69, 9.17) is 0 Å². The fourth-order valence-electron chi connectivity index (χ4n) is 2.31. The molecule has 0 fully saturated rings. The highest BCUT2D eigenvalue weighted by Crippen LogP contribution is 2.23. The zero-order chi connectivity index (χ0) is 14.8. The summed E-state index contributed by atoms with van der Waals surface area (Å²) in [5.74, 6) is -0.792. The average molecular weight is 284 g/mol. The summed E-state index contributed by atoms with van der Waals surface area (Å²) in [4.78, 5) is 23.2. The second-order valence-electron chi connectivity index (χ2n) is 4.91. The molecule has 0 aliphatic carbocycles. The fourth-order valence-corrected chi connectivity index (χ4v) is 2.31. The van der Waals surface area contributed by atoms with E-state index in [0.717, 1.165) is 16.8 Å². The third-order valence-electron chi connectivity index (χ3n) is 3.33. The molecule has 1 aliphatic rings. The molecule has 2 amide bonds. The van der Waals surface area contributed by atoms with Crippen molar-refractivity contribution >= 4 is 17.5 Å². The van der Waals surface area contributed by atoms with Crippen molar-refractivity contribution in [1.82, 2.24) is 5.32 Å². The van der Waals surface area contributed by atoms with Crippen molar-refractivity contribution in [3.8, 4) is 0 Å². The molecule has 0 saturated heterocycles. The van der Waals surface area contributed by atoms with Crippen LogP contribution in [0.15, 0.2) is 42.5 Å². The van der Waals surface area contributed by atoms with Crippen LogP contribution in [0.25, 0.3) is 0 Å². The fraction of sp³-hybridized carbons (Fsp3) is 0.125. The number of carbonyl (C=O) groups excluding carboxylic acids is 2. The van der Waals surface area contributed by atoms with E-state index in [1.54, 1.807) is 6.07 Å². The lowest BCUT2D eigenvalue weighted by Crippen LogP contribution is -2.22. The van der Waals surface area contributed by atoms with Gasteiger partial charge in [-0.05, 0) is 35.4 Å². The molecule has 4 nitrogen and oxygen atoms in total. The van der Waals surface area contributed by atoms with Gasteiger partial charge in [-0.2, -0.15) is 0 Å². The van der Waals surface area contributed by atoms with Crippen molar-refractivity contribution in [2.24, 2.45) is 0 Å². The molecule has 2 aromatic carbocycles. The second kappa shape index (κ2) is 5.36. The van der Waals surface area contributed by atoms with Gasteiger partial charge >= 0.3 is 0 Å². The summed E-state index contributed by atoms with van der Waals surface area (Å²) in [6, 6.07) is 11.1. The molecule has 21 heavy (non-hydrogen) atoms. The topological polar surface area (TPSA) is 58.2 Å². The normalized spacial score (nSPS) is 12.7. The summed E-state index contributed by atoms with van der Waals surface area (Å²) >= 11 is 0. The van der Waals surface area contributed by atoms with E-state index in [1.165, 1.54) is 18.2 Å². The summed E-state index contributed by atoms with van der Waals surface area (Å²) in [5, 5.41) is 5.49. The monoisotopic (exact) mass is 284 g/mol. The summed E-state index contributed by atoms with van der Waals surface area (Å²) in [5.41, 5.74) is 2.93. The minimum absolute atomic E-state index is 0.0223. The number of amides is 2. The highest BCUT2D eigenvalue weighted by Gasteiger charge is 2.17. The van der Waals surface area contributed by atoms with Crippen molar-refractivity contribution < 1.29 is 14.0 Å². The Morgan fingerprint density at radius 3 is 2.90 bits per heavy atom. The molecule has 0 spiro atoms. The molecule has 5 heteroatoms. The summed E-state index contributed by atoms with van der Waals surface area (Å²) in [6.07, 6.45) is 0.362. The number of anilines is 1. The maximum Gasteiger partial charge on any atom is 0.251 e. The van der Waals surface area contributed by atoms with Crippen LogP contribution in [0.3, 0.4) is 0 Å². The first-order valence-corrected chi connectivity index (χ1v) is 6.57. The molecule has 0 aromatic heterocycles. The van der Waals surface area contributed by atoms with E-state index in [1.807, 2.05) is 18.2 Å². The number of carbonyl (C=O) groups is 2. The van der Waals surface area contributed by atoms with Gasteiger partial charge in [-0.3, -0.25) is 9.59 Å². The van der Waals surface area contributed by atoms with Gasteiger partial charge in [0.15, 0.2) is 0 Å². The van der Waals surface area contributed by atoms with Crippen molar-refractivity contribution in [2.45, 2.75) is 13.0 Å². The summed E-state index contributed by atoms with van der Waals surface area (Å²) < 4.78 is 13.1. The maximum absolute atomic E-state index is 13.1. The summed E-state index contributed by atoms with van der Waals surface area (Å²) in [6.45, 7) is 0.330. The highest BCUT2D eigenvalue weighted by molar-refractivity contribution is 5.99. The Morgan fingerprint density at radius 2 is 2.10 bits per heavy atom. The van der Waals surface area contributed by atoms with Gasteiger partial charge in [0.1, 0.15) is 5.82 Å². The number of hydrogen-bond acceptors (Lipinski definition) is 2. The Morgan fingerprint density at radius 1 is 1.24 bits per heavy atom. The Hall–Kier alpha value is -2.69. The predicted molar refractivity (Wildman–Crippen MR) is 76.3 cm³/mol. The molecule has 0 radical (unpaired) electrons. The van der Waals surface area contributed by atoms with Gasteiger partial charge in [-0.1, -0.05) is 18.2 Å². The zero-order valence-corrected chi connectivity index (χ0v) is 11.2. The number of hydrogen-bond donors (Lipinski definition) is 2. The Labute approximate surface area is 121 Å². The van der Waals surface area contributed by atoms with Crippen LogP contribution in [0, 0.1) is 5.82 Å². The first kappa shape index (κ1) is 13.3. The smallest absolute Gasteiger partial charge is 0.251 e. The second-order valence-corrected chi connectivity index (χ2v) is 4.91. The van der Waals surface area contributed by atoms with E-state index < -0.39 is 5.82 Å². The standard InChI is InChI=1S/C16H13FN2O2/c17-13-3-1-2-11(7-13)16(21)18-9-10-4-5-14-12(6-10)8-15(20)19-14/h1-7H,8-9H2,(H,18,21)(H,19,20). The van der Waals surface area contributed by atoms with E-state index >= 15 is 0 Å². The van der Waals surface area contributed by atoms with E-state index in [-0.39, 0.29) is 17.4 Å². The lowest BCUT2D eigenvalue weighted by Gasteiger charge is -2.07. The molecule has 2 aromatic rings. The lowest BCUT2D eigenvalue weighted by molar-refractivity contribution is -0.115. The van der Waals surface area contributed by atoms with Gasteiger partial charge in [-0.25, -0.2) is 4.39 Å². The predicted octanol–water partition coefficient (Wildman–Crippen LogP) is 2.25. The molecule has 1 aliphatic heterocycles. The number of benzene rings is 2.